The molecule has 1 aromatic carbocycles. The zero-order valence-corrected chi connectivity index (χ0v) is 10.8. The van der Waals surface area contributed by atoms with E-state index in [1.807, 2.05) is 20.8 Å². The van der Waals surface area contributed by atoms with Gasteiger partial charge in [-0.25, -0.2) is 4.79 Å². The van der Waals surface area contributed by atoms with Gasteiger partial charge in [-0.3, -0.25) is 0 Å². The number of thiol groups is 1. The van der Waals surface area contributed by atoms with E-state index in [0.717, 1.165) is 0 Å². The molecule has 0 aliphatic heterocycles. The first-order valence-electron chi connectivity index (χ1n) is 4.94. The molecule has 0 saturated heterocycles. The average Bonchev–Trinajstić information content (AvgIpc) is 2.14. The molecule has 0 radical (unpaired) electrons. The predicted molar refractivity (Wildman–Crippen MR) is 65.4 cm³/mol. The minimum atomic E-state index is -0.519. The van der Waals surface area contributed by atoms with E-state index in [1.165, 1.54) is 7.11 Å². The molecular weight excluding hydrogens is 224 g/mol. The standard InChI is InChI=1S/C12H16O3S/c1-12(2,3)15-11(13)8-6-5-7-9(16)10(8)14-4/h5-7,16H,1-4H3. The molecule has 0 atom stereocenters. The van der Waals surface area contributed by atoms with Gasteiger partial charge in [-0.1, -0.05) is 6.07 Å². The minimum Gasteiger partial charge on any atom is -0.495 e. The Labute approximate surface area is 101 Å². The zero-order valence-electron chi connectivity index (χ0n) is 9.90. The summed E-state index contributed by atoms with van der Waals surface area (Å²) in [5.74, 6) is 0.0420. The Morgan fingerprint density at radius 2 is 1.94 bits per heavy atom. The van der Waals surface area contributed by atoms with E-state index in [4.69, 9.17) is 9.47 Å². The van der Waals surface area contributed by atoms with Gasteiger partial charge in [-0.05, 0) is 32.9 Å². The quantitative estimate of drug-likeness (QED) is 0.637. The Morgan fingerprint density at radius 1 is 1.31 bits per heavy atom. The van der Waals surface area contributed by atoms with Crippen LogP contribution in [0.25, 0.3) is 0 Å². The Hall–Kier alpha value is -1.16. The van der Waals surface area contributed by atoms with Crippen molar-refractivity contribution < 1.29 is 14.3 Å². The number of benzene rings is 1. The van der Waals surface area contributed by atoms with E-state index in [2.05, 4.69) is 12.6 Å². The normalized spacial score (nSPS) is 11.1. The average molecular weight is 240 g/mol. The SMILES string of the molecule is COc1c(S)cccc1C(=O)OC(C)(C)C. The van der Waals surface area contributed by atoms with Crippen LogP contribution in [-0.2, 0) is 4.74 Å². The molecule has 1 rings (SSSR count). The number of rotatable bonds is 2. The topological polar surface area (TPSA) is 35.5 Å². The highest BCUT2D eigenvalue weighted by molar-refractivity contribution is 7.80. The van der Waals surface area contributed by atoms with Gasteiger partial charge in [-0.2, -0.15) is 0 Å². The molecule has 0 unspecified atom stereocenters. The third-order valence-corrected chi connectivity index (χ3v) is 2.17. The van der Waals surface area contributed by atoms with Crippen molar-refractivity contribution in [1.82, 2.24) is 0 Å². The molecule has 0 bridgehead atoms. The Balaban J connectivity index is 3.04. The van der Waals surface area contributed by atoms with Gasteiger partial charge in [0.25, 0.3) is 0 Å². The molecule has 0 aromatic heterocycles. The van der Waals surface area contributed by atoms with Gasteiger partial charge in [0, 0.05) is 4.90 Å². The summed E-state index contributed by atoms with van der Waals surface area (Å²) < 4.78 is 10.4. The van der Waals surface area contributed by atoms with Gasteiger partial charge in [0.15, 0.2) is 0 Å². The van der Waals surface area contributed by atoms with Crippen LogP contribution in [0.1, 0.15) is 31.1 Å². The molecule has 0 fully saturated rings. The first-order valence-corrected chi connectivity index (χ1v) is 5.39. The lowest BCUT2D eigenvalue weighted by atomic mass is 10.1. The van der Waals surface area contributed by atoms with Gasteiger partial charge >= 0.3 is 5.97 Å². The van der Waals surface area contributed by atoms with E-state index < -0.39 is 11.6 Å². The van der Waals surface area contributed by atoms with Crippen molar-refractivity contribution in [3.05, 3.63) is 23.8 Å². The van der Waals surface area contributed by atoms with E-state index in [1.54, 1.807) is 18.2 Å². The second-order valence-corrected chi connectivity index (χ2v) is 4.84. The number of esters is 1. The predicted octanol–water partition coefficient (Wildman–Crippen LogP) is 2.94. The summed E-state index contributed by atoms with van der Waals surface area (Å²) in [6.45, 7) is 5.46. The van der Waals surface area contributed by atoms with Gasteiger partial charge < -0.3 is 9.47 Å². The van der Waals surface area contributed by atoms with Gasteiger partial charge in [0.1, 0.15) is 16.9 Å². The summed E-state index contributed by atoms with van der Waals surface area (Å²) in [6, 6.07) is 5.16. The van der Waals surface area contributed by atoms with Crippen LogP contribution in [0.4, 0.5) is 0 Å². The van der Waals surface area contributed by atoms with Crippen molar-refractivity contribution in [2.24, 2.45) is 0 Å². The number of hydrogen-bond donors (Lipinski definition) is 1. The maximum absolute atomic E-state index is 11.9. The third kappa shape index (κ3) is 3.17. The molecule has 0 heterocycles. The van der Waals surface area contributed by atoms with E-state index in [0.29, 0.717) is 16.2 Å². The molecule has 0 N–H and O–H groups in total. The first kappa shape index (κ1) is 12.9. The van der Waals surface area contributed by atoms with Crippen molar-refractivity contribution in [2.45, 2.75) is 31.3 Å². The third-order valence-electron chi connectivity index (χ3n) is 1.82. The zero-order chi connectivity index (χ0) is 12.3. The van der Waals surface area contributed by atoms with Gasteiger partial charge in [0.05, 0.1) is 7.11 Å². The van der Waals surface area contributed by atoms with Crippen LogP contribution in [0.15, 0.2) is 23.1 Å². The number of hydrogen-bond acceptors (Lipinski definition) is 4. The van der Waals surface area contributed by atoms with E-state index >= 15 is 0 Å². The fourth-order valence-electron chi connectivity index (χ4n) is 1.23. The summed E-state index contributed by atoms with van der Waals surface area (Å²) in [4.78, 5) is 12.5. The lowest BCUT2D eigenvalue weighted by molar-refractivity contribution is 0.00661. The number of carbonyl (C=O) groups is 1. The highest BCUT2D eigenvalue weighted by atomic mass is 32.1. The number of para-hydroxylation sites is 1. The molecule has 1 aromatic rings. The highest BCUT2D eigenvalue weighted by Gasteiger charge is 2.21. The van der Waals surface area contributed by atoms with Crippen LogP contribution in [0, 0.1) is 0 Å². The molecule has 0 spiro atoms. The molecule has 0 amide bonds. The van der Waals surface area contributed by atoms with Crippen LogP contribution in [0.2, 0.25) is 0 Å². The molecule has 0 aliphatic rings. The minimum absolute atomic E-state index is 0.393. The summed E-state index contributed by atoms with van der Waals surface area (Å²) >= 11 is 4.22. The highest BCUT2D eigenvalue weighted by Crippen LogP contribution is 2.28. The smallest absolute Gasteiger partial charge is 0.342 e. The van der Waals surface area contributed by atoms with Crippen molar-refractivity contribution in [1.29, 1.82) is 0 Å². The summed E-state index contributed by atoms with van der Waals surface area (Å²) in [5, 5.41) is 0. The van der Waals surface area contributed by atoms with Crippen LogP contribution in [0.5, 0.6) is 5.75 Å². The van der Waals surface area contributed by atoms with Crippen molar-refractivity contribution >= 4 is 18.6 Å². The molecule has 0 aliphatic carbocycles. The van der Waals surface area contributed by atoms with Crippen molar-refractivity contribution in [3.8, 4) is 5.75 Å². The van der Waals surface area contributed by atoms with Crippen molar-refractivity contribution in [3.63, 3.8) is 0 Å². The molecule has 88 valence electrons. The molecule has 16 heavy (non-hydrogen) atoms. The number of methoxy groups -OCH3 is 1. The molecular formula is C12H16O3S. The summed E-state index contributed by atoms with van der Waals surface area (Å²) in [7, 11) is 1.50. The Kier molecular flexibility index (Phi) is 3.86. The first-order chi connectivity index (χ1) is 7.35. The van der Waals surface area contributed by atoms with Crippen molar-refractivity contribution in [2.75, 3.05) is 7.11 Å². The van der Waals surface area contributed by atoms with Crippen LogP contribution in [-0.4, -0.2) is 18.7 Å². The number of carbonyl (C=O) groups excluding carboxylic acids is 1. The second kappa shape index (κ2) is 4.78. The van der Waals surface area contributed by atoms with Crippen LogP contribution in [0.3, 0.4) is 0 Å². The van der Waals surface area contributed by atoms with E-state index in [9.17, 15) is 4.79 Å². The van der Waals surface area contributed by atoms with Crippen LogP contribution >= 0.6 is 12.6 Å². The molecule has 3 nitrogen and oxygen atoms in total. The van der Waals surface area contributed by atoms with Gasteiger partial charge in [-0.15, -0.1) is 12.6 Å². The van der Waals surface area contributed by atoms with E-state index in [-0.39, 0.29) is 0 Å². The fourth-order valence-corrected chi connectivity index (χ4v) is 1.53. The second-order valence-electron chi connectivity index (χ2n) is 4.36. The maximum Gasteiger partial charge on any atom is 0.342 e. The largest absolute Gasteiger partial charge is 0.495 e. The molecule has 0 saturated carbocycles. The Morgan fingerprint density at radius 3 is 2.44 bits per heavy atom. The summed E-state index contributed by atoms with van der Waals surface area (Å²) in [6.07, 6.45) is 0. The maximum atomic E-state index is 11.9. The number of ether oxygens (including phenoxy) is 2. The Bertz CT molecular complexity index is 394. The lowest BCUT2D eigenvalue weighted by Crippen LogP contribution is -2.24. The van der Waals surface area contributed by atoms with Gasteiger partial charge in [0.2, 0.25) is 0 Å². The van der Waals surface area contributed by atoms with Crippen LogP contribution < -0.4 is 4.74 Å². The fraction of sp³-hybridized carbons (Fsp3) is 0.417. The summed E-state index contributed by atoms with van der Waals surface area (Å²) in [5.41, 5.74) is -0.126. The monoisotopic (exact) mass is 240 g/mol. The lowest BCUT2D eigenvalue weighted by Gasteiger charge is -2.20. The molecule has 4 heteroatoms.